The van der Waals surface area contributed by atoms with Crippen LogP contribution in [0, 0.1) is 0 Å². The third-order valence-electron chi connectivity index (χ3n) is 4.62. The Balaban J connectivity index is 1.45. The van der Waals surface area contributed by atoms with Gasteiger partial charge in [0, 0.05) is 12.6 Å². The van der Waals surface area contributed by atoms with E-state index in [-0.39, 0.29) is 23.6 Å². The van der Waals surface area contributed by atoms with Gasteiger partial charge in [0.15, 0.2) is 5.16 Å². The molecule has 0 atom stereocenters. The van der Waals surface area contributed by atoms with Crippen LogP contribution in [0.1, 0.15) is 23.2 Å². The number of hydrogen-bond donors (Lipinski definition) is 2. The minimum Gasteiger partial charge on any atom is -0.349 e. The van der Waals surface area contributed by atoms with Crippen molar-refractivity contribution < 1.29 is 9.59 Å². The molecule has 4 rings (SSSR count). The lowest BCUT2D eigenvalue weighted by Crippen LogP contribution is -2.27. The van der Waals surface area contributed by atoms with Gasteiger partial charge < -0.3 is 15.2 Å². The molecule has 1 aliphatic rings. The summed E-state index contributed by atoms with van der Waals surface area (Å²) in [4.78, 5) is 29.6. The predicted octanol–water partition coefficient (Wildman–Crippen LogP) is 3.85. The molecule has 29 heavy (non-hydrogen) atoms. The summed E-state index contributed by atoms with van der Waals surface area (Å²) in [5.74, 6) is -0.137. The summed E-state index contributed by atoms with van der Waals surface area (Å²) >= 11 is 1.37. The summed E-state index contributed by atoms with van der Waals surface area (Å²) in [5.41, 5.74) is 2.91. The van der Waals surface area contributed by atoms with Crippen LogP contribution in [-0.4, -0.2) is 33.2 Å². The highest BCUT2D eigenvalue weighted by Crippen LogP contribution is 2.25. The first-order chi connectivity index (χ1) is 14.2. The maximum atomic E-state index is 12.6. The highest BCUT2D eigenvalue weighted by atomic mass is 32.2. The molecule has 2 N–H and O–H groups in total. The van der Waals surface area contributed by atoms with E-state index in [0.717, 1.165) is 29.0 Å². The molecule has 0 radical (unpaired) electrons. The molecule has 0 bridgehead atoms. The van der Waals surface area contributed by atoms with Gasteiger partial charge in [-0.2, -0.15) is 0 Å². The Morgan fingerprint density at radius 1 is 1.17 bits per heavy atom. The van der Waals surface area contributed by atoms with Gasteiger partial charge in [-0.05, 0) is 37.1 Å². The number of allylic oxidation sites excluding steroid dienone is 1. The topological polar surface area (TPSA) is 76.0 Å². The number of thioether (sulfide) groups is 1. The van der Waals surface area contributed by atoms with E-state index in [1.807, 2.05) is 34.9 Å². The molecule has 2 amide bonds. The third-order valence-corrected chi connectivity index (χ3v) is 5.60. The van der Waals surface area contributed by atoms with Gasteiger partial charge in [0.2, 0.25) is 5.91 Å². The third kappa shape index (κ3) is 4.51. The number of nitrogens with zero attached hydrogens (tertiary/aromatic N) is 2. The van der Waals surface area contributed by atoms with E-state index < -0.39 is 0 Å². The Hall–Kier alpha value is -3.06. The van der Waals surface area contributed by atoms with Gasteiger partial charge in [-0.25, -0.2) is 4.98 Å². The molecular weight excluding hydrogens is 384 g/mol. The van der Waals surface area contributed by atoms with Gasteiger partial charge >= 0.3 is 0 Å². The zero-order chi connectivity index (χ0) is 20.2. The molecule has 1 fully saturated rings. The Kier molecular flexibility index (Phi) is 5.67. The zero-order valence-corrected chi connectivity index (χ0v) is 16.7. The summed E-state index contributed by atoms with van der Waals surface area (Å²) in [6, 6.07) is 15.2. The first-order valence-corrected chi connectivity index (χ1v) is 10.5. The lowest BCUT2D eigenvalue weighted by molar-refractivity contribution is -0.113. The molecule has 1 aliphatic carbocycles. The molecule has 0 saturated heterocycles. The average Bonchev–Trinajstić information content (AvgIpc) is 3.47. The van der Waals surface area contributed by atoms with Crippen LogP contribution in [0.4, 0.5) is 5.69 Å². The number of rotatable bonds is 8. The molecule has 1 heterocycles. The molecule has 2 aromatic carbocycles. The molecule has 7 heteroatoms. The second-order valence-electron chi connectivity index (χ2n) is 6.91. The summed E-state index contributed by atoms with van der Waals surface area (Å²) in [7, 11) is 0. The average molecular weight is 407 g/mol. The van der Waals surface area contributed by atoms with Gasteiger partial charge in [-0.15, -0.1) is 6.58 Å². The fourth-order valence-electron chi connectivity index (χ4n) is 3.07. The number of hydrogen-bond acceptors (Lipinski definition) is 4. The van der Waals surface area contributed by atoms with Gasteiger partial charge in [-0.1, -0.05) is 42.1 Å². The van der Waals surface area contributed by atoms with Crippen molar-refractivity contribution in [1.82, 2.24) is 14.9 Å². The fraction of sp³-hybridized carbons (Fsp3) is 0.227. The van der Waals surface area contributed by atoms with Crippen LogP contribution in [-0.2, 0) is 11.3 Å². The molecule has 148 valence electrons. The summed E-state index contributed by atoms with van der Waals surface area (Å²) < 4.78 is 2.04. The normalized spacial score (nSPS) is 13.2. The largest absolute Gasteiger partial charge is 0.349 e. The molecule has 6 nitrogen and oxygen atoms in total. The number of fused-ring (bicyclic) bond motifs is 1. The highest BCUT2D eigenvalue weighted by Gasteiger charge is 2.25. The van der Waals surface area contributed by atoms with Crippen LogP contribution in [0.2, 0.25) is 0 Å². The molecule has 1 saturated carbocycles. The monoisotopic (exact) mass is 406 g/mol. The molecule has 1 aromatic heterocycles. The van der Waals surface area contributed by atoms with Crippen molar-refractivity contribution in [2.24, 2.45) is 0 Å². The van der Waals surface area contributed by atoms with Gasteiger partial charge in [0.25, 0.3) is 5.91 Å². The van der Waals surface area contributed by atoms with E-state index in [1.54, 1.807) is 24.3 Å². The number of carbonyl (C=O) groups is 2. The molecule has 0 aliphatic heterocycles. The standard InChI is InChI=1S/C22H22N4O2S/c1-2-13-26-19-10-6-5-9-18(19)25-22(26)29-14-20(27)24-17-8-4-3-7-16(17)21(28)23-15-11-12-15/h2-10,15H,1,11-14H2,(H,23,28)(H,24,27). The maximum absolute atomic E-state index is 12.6. The fourth-order valence-corrected chi connectivity index (χ4v) is 3.89. The Morgan fingerprint density at radius 2 is 1.93 bits per heavy atom. The van der Waals surface area contributed by atoms with E-state index in [2.05, 4.69) is 22.2 Å². The van der Waals surface area contributed by atoms with Crippen LogP contribution < -0.4 is 10.6 Å². The van der Waals surface area contributed by atoms with Crippen molar-refractivity contribution >= 4 is 40.3 Å². The number of imidazole rings is 1. The lowest BCUT2D eigenvalue weighted by Gasteiger charge is -2.11. The maximum Gasteiger partial charge on any atom is 0.253 e. The number of para-hydroxylation sites is 3. The van der Waals surface area contributed by atoms with Crippen molar-refractivity contribution in [2.45, 2.75) is 30.6 Å². The Labute approximate surface area is 173 Å². The van der Waals surface area contributed by atoms with E-state index in [9.17, 15) is 9.59 Å². The van der Waals surface area contributed by atoms with Crippen molar-refractivity contribution in [3.05, 3.63) is 66.7 Å². The Bertz CT molecular complexity index is 1070. The SMILES string of the molecule is C=CCn1c(SCC(=O)Nc2ccccc2C(=O)NC2CC2)nc2ccccc21. The summed E-state index contributed by atoms with van der Waals surface area (Å²) in [6.45, 7) is 4.43. The second kappa shape index (κ2) is 8.53. The molecule has 0 unspecified atom stereocenters. The number of benzene rings is 2. The van der Waals surface area contributed by atoms with Crippen molar-refractivity contribution in [3.8, 4) is 0 Å². The summed E-state index contributed by atoms with van der Waals surface area (Å²) in [5, 5.41) is 6.59. The van der Waals surface area contributed by atoms with E-state index in [0.29, 0.717) is 17.8 Å². The van der Waals surface area contributed by atoms with Crippen LogP contribution in [0.3, 0.4) is 0 Å². The number of nitrogens with one attached hydrogen (secondary N) is 2. The first-order valence-electron chi connectivity index (χ1n) is 9.54. The number of aromatic nitrogens is 2. The Morgan fingerprint density at radius 3 is 2.72 bits per heavy atom. The van der Waals surface area contributed by atoms with Crippen molar-refractivity contribution in [3.63, 3.8) is 0 Å². The van der Waals surface area contributed by atoms with Crippen LogP contribution in [0.25, 0.3) is 11.0 Å². The molecule has 0 spiro atoms. The van der Waals surface area contributed by atoms with Gasteiger partial charge in [0.1, 0.15) is 0 Å². The van der Waals surface area contributed by atoms with Crippen LogP contribution >= 0.6 is 11.8 Å². The summed E-state index contributed by atoms with van der Waals surface area (Å²) in [6.07, 6.45) is 3.85. The van der Waals surface area contributed by atoms with E-state index >= 15 is 0 Å². The highest BCUT2D eigenvalue weighted by molar-refractivity contribution is 7.99. The quantitative estimate of drug-likeness (QED) is 0.440. The van der Waals surface area contributed by atoms with Gasteiger partial charge in [0.05, 0.1) is 28.0 Å². The molecular formula is C22H22N4O2S. The minimum atomic E-state index is -0.182. The van der Waals surface area contributed by atoms with Gasteiger partial charge in [-0.3, -0.25) is 9.59 Å². The van der Waals surface area contributed by atoms with Crippen molar-refractivity contribution in [2.75, 3.05) is 11.1 Å². The smallest absolute Gasteiger partial charge is 0.253 e. The first kappa shape index (κ1) is 19.3. The van der Waals surface area contributed by atoms with E-state index in [4.69, 9.17) is 0 Å². The second-order valence-corrected chi connectivity index (χ2v) is 7.86. The predicted molar refractivity (Wildman–Crippen MR) is 116 cm³/mol. The van der Waals surface area contributed by atoms with Crippen LogP contribution in [0.5, 0.6) is 0 Å². The number of amides is 2. The number of carbonyl (C=O) groups excluding carboxylic acids is 2. The van der Waals surface area contributed by atoms with Crippen LogP contribution in [0.15, 0.2) is 66.3 Å². The minimum absolute atomic E-state index is 0.149. The molecule has 3 aromatic rings. The van der Waals surface area contributed by atoms with E-state index in [1.165, 1.54) is 11.8 Å². The zero-order valence-electron chi connectivity index (χ0n) is 15.9. The van der Waals surface area contributed by atoms with Crippen molar-refractivity contribution in [1.29, 1.82) is 0 Å². The lowest BCUT2D eigenvalue weighted by atomic mass is 10.1. The number of anilines is 1.